The predicted molar refractivity (Wildman–Crippen MR) is 76.0 cm³/mol. The van der Waals surface area contributed by atoms with E-state index >= 15 is 0 Å². The number of hydrogen-bond donors (Lipinski definition) is 1. The van der Waals surface area contributed by atoms with Crippen LogP contribution in [-0.4, -0.2) is 37.0 Å². The summed E-state index contributed by atoms with van der Waals surface area (Å²) in [7, 11) is 0. The van der Waals surface area contributed by atoms with Crippen LogP contribution in [0.1, 0.15) is 60.3 Å². The van der Waals surface area contributed by atoms with Crippen molar-refractivity contribution in [2.45, 2.75) is 77.5 Å². The van der Waals surface area contributed by atoms with E-state index < -0.39 is 0 Å². The van der Waals surface area contributed by atoms with Crippen LogP contribution in [0.3, 0.4) is 0 Å². The molecule has 0 aromatic carbocycles. The van der Waals surface area contributed by atoms with Crippen LogP contribution >= 0.6 is 0 Å². The second kappa shape index (κ2) is 6.88. The van der Waals surface area contributed by atoms with E-state index in [1.165, 1.54) is 12.8 Å². The van der Waals surface area contributed by atoms with Gasteiger partial charge in [-0.25, -0.2) is 0 Å². The average Bonchev–Trinajstić information content (AvgIpc) is 2.45. The van der Waals surface area contributed by atoms with Crippen LogP contribution in [0, 0.1) is 0 Å². The Bertz CT molecular complexity index is 239. The topological polar surface area (TPSA) is 30.5 Å². The minimum absolute atomic E-state index is 0.00120. The first-order valence-corrected chi connectivity index (χ1v) is 7.39. The highest BCUT2D eigenvalue weighted by molar-refractivity contribution is 4.98. The summed E-state index contributed by atoms with van der Waals surface area (Å²) < 4.78 is 11.6. The zero-order valence-corrected chi connectivity index (χ0v) is 12.8. The number of hydrogen-bond acceptors (Lipinski definition) is 3. The number of nitrogens with one attached hydrogen (secondary N) is 1. The summed E-state index contributed by atoms with van der Waals surface area (Å²) >= 11 is 0. The molecule has 0 aliphatic carbocycles. The lowest BCUT2D eigenvalue weighted by molar-refractivity contribution is -0.0698. The van der Waals surface area contributed by atoms with Gasteiger partial charge in [-0.3, -0.25) is 0 Å². The molecule has 1 saturated heterocycles. The quantitative estimate of drug-likeness (QED) is 0.678. The second-order valence-electron chi connectivity index (χ2n) is 6.50. The van der Waals surface area contributed by atoms with Gasteiger partial charge in [0.05, 0.1) is 11.2 Å². The minimum atomic E-state index is -0.0629. The maximum atomic E-state index is 6.07. The van der Waals surface area contributed by atoms with Gasteiger partial charge in [-0.05, 0) is 53.5 Å². The molecular formula is C15H31NO2. The van der Waals surface area contributed by atoms with Crippen LogP contribution in [0.15, 0.2) is 0 Å². The lowest BCUT2D eigenvalue weighted by Gasteiger charge is -2.27. The van der Waals surface area contributed by atoms with Gasteiger partial charge in [-0.2, -0.15) is 0 Å². The lowest BCUT2D eigenvalue weighted by Crippen LogP contribution is -2.43. The molecule has 0 spiro atoms. The second-order valence-corrected chi connectivity index (χ2v) is 6.50. The van der Waals surface area contributed by atoms with E-state index in [0.29, 0.717) is 6.04 Å². The van der Waals surface area contributed by atoms with Crippen LogP contribution in [0.5, 0.6) is 0 Å². The standard InChI is InChI=1S/C15H31NO2/c1-6-7-10-17-11-8-9-16-13-12-14(2,3)18-15(13,4)5/h13,16H,6-12H2,1-5H3. The van der Waals surface area contributed by atoms with Gasteiger partial charge in [0.25, 0.3) is 0 Å². The molecular weight excluding hydrogens is 226 g/mol. The third kappa shape index (κ3) is 5.25. The number of rotatable bonds is 8. The molecule has 3 heteroatoms. The Labute approximate surface area is 113 Å². The van der Waals surface area contributed by atoms with Crippen LogP contribution in [0.2, 0.25) is 0 Å². The van der Waals surface area contributed by atoms with Gasteiger partial charge in [0.15, 0.2) is 0 Å². The van der Waals surface area contributed by atoms with Gasteiger partial charge in [0, 0.05) is 19.3 Å². The molecule has 3 nitrogen and oxygen atoms in total. The van der Waals surface area contributed by atoms with Crippen molar-refractivity contribution >= 4 is 0 Å². The first kappa shape index (κ1) is 15.9. The van der Waals surface area contributed by atoms with E-state index in [4.69, 9.17) is 9.47 Å². The fourth-order valence-electron chi connectivity index (χ4n) is 2.68. The molecule has 0 bridgehead atoms. The Morgan fingerprint density at radius 3 is 2.39 bits per heavy atom. The SMILES string of the molecule is CCCCOCCCNC1CC(C)(C)OC1(C)C. The first-order valence-electron chi connectivity index (χ1n) is 7.39. The Morgan fingerprint density at radius 1 is 1.17 bits per heavy atom. The fourth-order valence-corrected chi connectivity index (χ4v) is 2.68. The van der Waals surface area contributed by atoms with E-state index in [9.17, 15) is 0 Å². The van der Waals surface area contributed by atoms with Crippen molar-refractivity contribution in [1.29, 1.82) is 0 Å². The Morgan fingerprint density at radius 2 is 1.83 bits per heavy atom. The van der Waals surface area contributed by atoms with Gasteiger partial charge < -0.3 is 14.8 Å². The molecule has 1 rings (SSSR count). The molecule has 108 valence electrons. The third-order valence-electron chi connectivity index (χ3n) is 3.57. The van der Waals surface area contributed by atoms with Gasteiger partial charge in [0.1, 0.15) is 0 Å². The minimum Gasteiger partial charge on any atom is -0.381 e. The van der Waals surface area contributed by atoms with Crippen molar-refractivity contribution in [3.8, 4) is 0 Å². The maximum Gasteiger partial charge on any atom is 0.0787 e. The van der Waals surface area contributed by atoms with E-state index in [0.717, 1.165) is 32.6 Å². The molecule has 0 radical (unpaired) electrons. The summed E-state index contributed by atoms with van der Waals surface area (Å²) in [6.07, 6.45) is 4.54. The van der Waals surface area contributed by atoms with Crippen LogP contribution < -0.4 is 5.32 Å². The molecule has 1 fully saturated rings. The molecule has 1 aliphatic heterocycles. The monoisotopic (exact) mass is 257 g/mol. The average molecular weight is 257 g/mol. The lowest BCUT2D eigenvalue weighted by atomic mass is 9.94. The summed E-state index contributed by atoms with van der Waals surface area (Å²) in [6, 6.07) is 0.447. The van der Waals surface area contributed by atoms with Crippen LogP contribution in [-0.2, 0) is 9.47 Å². The highest BCUT2D eigenvalue weighted by atomic mass is 16.5. The molecule has 1 heterocycles. The number of unbranched alkanes of at least 4 members (excludes halogenated alkanes) is 1. The Kier molecular flexibility index (Phi) is 6.09. The summed E-state index contributed by atoms with van der Waals surface area (Å²) in [6.45, 7) is 13.7. The van der Waals surface area contributed by atoms with Crippen molar-refractivity contribution in [3.05, 3.63) is 0 Å². The van der Waals surface area contributed by atoms with Gasteiger partial charge in [-0.1, -0.05) is 13.3 Å². The molecule has 0 aromatic heterocycles. The van der Waals surface area contributed by atoms with E-state index in [-0.39, 0.29) is 11.2 Å². The number of ether oxygens (including phenoxy) is 2. The first-order chi connectivity index (χ1) is 8.37. The Hall–Kier alpha value is -0.120. The van der Waals surface area contributed by atoms with Crippen molar-refractivity contribution < 1.29 is 9.47 Å². The summed E-state index contributed by atoms with van der Waals surface area (Å²) in [5.41, 5.74) is -0.0641. The van der Waals surface area contributed by atoms with E-state index in [1.54, 1.807) is 0 Å². The molecule has 18 heavy (non-hydrogen) atoms. The molecule has 0 amide bonds. The molecule has 1 unspecified atom stereocenters. The van der Waals surface area contributed by atoms with Gasteiger partial charge in [0.2, 0.25) is 0 Å². The third-order valence-corrected chi connectivity index (χ3v) is 3.57. The normalized spacial score (nSPS) is 25.5. The molecule has 0 aromatic rings. The predicted octanol–water partition coefficient (Wildman–Crippen LogP) is 3.13. The highest BCUT2D eigenvalue weighted by Crippen LogP contribution is 2.37. The van der Waals surface area contributed by atoms with Crippen LogP contribution in [0.4, 0.5) is 0 Å². The summed E-state index contributed by atoms with van der Waals surface area (Å²) in [5, 5.41) is 3.61. The maximum absolute atomic E-state index is 6.07. The highest BCUT2D eigenvalue weighted by Gasteiger charge is 2.45. The Balaban J connectivity index is 2.12. The van der Waals surface area contributed by atoms with Crippen molar-refractivity contribution in [2.75, 3.05) is 19.8 Å². The largest absolute Gasteiger partial charge is 0.381 e. The molecule has 1 N–H and O–H groups in total. The summed E-state index contributed by atoms with van der Waals surface area (Å²) in [5.74, 6) is 0. The van der Waals surface area contributed by atoms with Gasteiger partial charge >= 0.3 is 0 Å². The zero-order chi connectivity index (χ0) is 13.6. The van der Waals surface area contributed by atoms with E-state index in [2.05, 4.69) is 39.9 Å². The van der Waals surface area contributed by atoms with Crippen molar-refractivity contribution in [3.63, 3.8) is 0 Å². The van der Waals surface area contributed by atoms with Gasteiger partial charge in [-0.15, -0.1) is 0 Å². The summed E-state index contributed by atoms with van der Waals surface area (Å²) in [4.78, 5) is 0. The smallest absolute Gasteiger partial charge is 0.0787 e. The van der Waals surface area contributed by atoms with Crippen LogP contribution in [0.25, 0.3) is 0 Å². The molecule has 0 saturated carbocycles. The van der Waals surface area contributed by atoms with Crippen molar-refractivity contribution in [1.82, 2.24) is 5.32 Å². The van der Waals surface area contributed by atoms with E-state index in [1.807, 2.05) is 0 Å². The molecule has 1 aliphatic rings. The molecule has 1 atom stereocenters. The zero-order valence-electron chi connectivity index (χ0n) is 12.8. The van der Waals surface area contributed by atoms with Crippen molar-refractivity contribution in [2.24, 2.45) is 0 Å². The fraction of sp³-hybridized carbons (Fsp3) is 1.00.